The number of hydrogen-bond donors (Lipinski definition) is 3. The normalized spacial score (nSPS) is 23.5. The number of carboxylic acid groups (broad SMARTS) is 1. The van der Waals surface area contributed by atoms with Gasteiger partial charge in [-0.3, -0.25) is 4.79 Å². The van der Waals surface area contributed by atoms with Crippen LogP contribution in [0.3, 0.4) is 0 Å². The molecule has 2 rings (SSSR count). The summed E-state index contributed by atoms with van der Waals surface area (Å²) in [6, 6.07) is 1.86. The Morgan fingerprint density at radius 1 is 1.47 bits per heavy atom. The summed E-state index contributed by atoms with van der Waals surface area (Å²) >= 11 is 0. The molecule has 1 aliphatic rings. The van der Waals surface area contributed by atoms with Crippen molar-refractivity contribution in [3.63, 3.8) is 0 Å². The van der Waals surface area contributed by atoms with E-state index in [9.17, 15) is 9.59 Å². The van der Waals surface area contributed by atoms with Crippen molar-refractivity contribution in [2.45, 2.75) is 31.6 Å². The van der Waals surface area contributed by atoms with Gasteiger partial charge in [-0.25, -0.2) is 4.79 Å². The maximum Gasteiger partial charge on any atom is 0.332 e. The first kappa shape index (κ1) is 11.7. The number of H-pyrrole nitrogens is 1. The van der Waals surface area contributed by atoms with Gasteiger partial charge in [0, 0.05) is 18.9 Å². The lowest BCUT2D eigenvalue weighted by Gasteiger charge is -2.11. The molecule has 1 saturated heterocycles. The molecule has 3 N–H and O–H groups in total. The fourth-order valence-corrected chi connectivity index (χ4v) is 1.78. The predicted octanol–water partition coefficient (Wildman–Crippen LogP) is 0.263. The van der Waals surface area contributed by atoms with E-state index >= 15 is 0 Å². The molecule has 2 atom stereocenters. The minimum atomic E-state index is -1.01. The molecular weight excluding hydrogens is 224 g/mol. The monoisotopic (exact) mass is 238 g/mol. The zero-order chi connectivity index (χ0) is 12.3. The summed E-state index contributed by atoms with van der Waals surface area (Å²) in [7, 11) is 0. The number of aromatic nitrogens is 1. The molecule has 17 heavy (non-hydrogen) atoms. The van der Waals surface area contributed by atoms with E-state index in [1.165, 1.54) is 0 Å². The Kier molecular flexibility index (Phi) is 3.43. The molecule has 6 heteroatoms. The predicted molar refractivity (Wildman–Crippen MR) is 58.2 cm³/mol. The highest BCUT2D eigenvalue weighted by molar-refractivity contribution is 5.82. The topological polar surface area (TPSA) is 91.4 Å². The molecule has 0 unspecified atom stereocenters. The molecule has 0 radical (unpaired) electrons. The molecule has 0 spiro atoms. The Bertz CT molecular complexity index is 402. The average Bonchev–Trinajstić information content (AvgIpc) is 2.96. The van der Waals surface area contributed by atoms with Gasteiger partial charge in [0.05, 0.1) is 0 Å². The van der Waals surface area contributed by atoms with Crippen LogP contribution in [0.4, 0.5) is 0 Å². The molecule has 0 bridgehead atoms. The molecule has 6 nitrogen and oxygen atoms in total. The lowest BCUT2D eigenvalue weighted by atomic mass is 10.2. The van der Waals surface area contributed by atoms with E-state index in [1.54, 1.807) is 12.4 Å². The van der Waals surface area contributed by atoms with Crippen molar-refractivity contribution in [2.75, 3.05) is 0 Å². The average molecular weight is 238 g/mol. The quantitative estimate of drug-likeness (QED) is 0.701. The van der Waals surface area contributed by atoms with Crippen molar-refractivity contribution in [2.24, 2.45) is 0 Å². The van der Waals surface area contributed by atoms with E-state index in [2.05, 4.69) is 10.3 Å². The Hall–Kier alpha value is -1.82. The lowest BCUT2D eigenvalue weighted by Crippen LogP contribution is -2.35. The second-order valence-corrected chi connectivity index (χ2v) is 3.97. The highest BCUT2D eigenvalue weighted by Gasteiger charge is 2.34. The summed E-state index contributed by atoms with van der Waals surface area (Å²) in [6.45, 7) is 0.417. The molecule has 0 saturated carbocycles. The smallest absolute Gasteiger partial charge is 0.332 e. The van der Waals surface area contributed by atoms with E-state index < -0.39 is 18.2 Å². The van der Waals surface area contributed by atoms with E-state index in [0.29, 0.717) is 19.4 Å². The molecule has 1 aliphatic heterocycles. The number of carbonyl (C=O) groups is 2. The Morgan fingerprint density at radius 2 is 2.24 bits per heavy atom. The fourth-order valence-electron chi connectivity index (χ4n) is 1.78. The number of carbonyl (C=O) groups excluding carboxylic acids is 1. The van der Waals surface area contributed by atoms with Crippen LogP contribution in [0.15, 0.2) is 18.5 Å². The highest BCUT2D eigenvalue weighted by Crippen LogP contribution is 2.19. The molecular formula is C11H14N2O4. The summed E-state index contributed by atoms with van der Waals surface area (Å²) in [5, 5.41) is 11.4. The van der Waals surface area contributed by atoms with Gasteiger partial charge >= 0.3 is 5.97 Å². The Balaban J connectivity index is 1.79. The fraction of sp³-hybridized carbons (Fsp3) is 0.455. The third-order valence-electron chi connectivity index (χ3n) is 2.72. The van der Waals surface area contributed by atoms with Crippen LogP contribution in [-0.2, 0) is 20.9 Å². The van der Waals surface area contributed by atoms with Gasteiger partial charge in [0.2, 0.25) is 5.91 Å². The van der Waals surface area contributed by atoms with Gasteiger partial charge in [-0.15, -0.1) is 0 Å². The molecule has 0 aromatic carbocycles. The van der Waals surface area contributed by atoms with Crippen LogP contribution in [0.1, 0.15) is 18.4 Å². The van der Waals surface area contributed by atoms with Crippen LogP contribution in [0.25, 0.3) is 0 Å². The number of hydrogen-bond acceptors (Lipinski definition) is 3. The number of carboxylic acids is 1. The highest BCUT2D eigenvalue weighted by atomic mass is 16.5. The van der Waals surface area contributed by atoms with Crippen molar-refractivity contribution >= 4 is 11.9 Å². The molecule has 92 valence electrons. The number of nitrogens with one attached hydrogen (secondary N) is 2. The molecule has 1 fully saturated rings. The summed E-state index contributed by atoms with van der Waals surface area (Å²) < 4.78 is 5.14. The van der Waals surface area contributed by atoms with Crippen LogP contribution in [0.2, 0.25) is 0 Å². The number of aliphatic carboxylic acids is 1. The first-order valence-corrected chi connectivity index (χ1v) is 5.44. The zero-order valence-electron chi connectivity index (χ0n) is 9.18. The van der Waals surface area contributed by atoms with Crippen molar-refractivity contribution < 1.29 is 19.4 Å². The molecule has 0 aliphatic carbocycles. The summed E-state index contributed by atoms with van der Waals surface area (Å²) in [4.78, 5) is 25.2. The standard InChI is InChI=1S/C11H14N2O4/c14-10(13-6-7-3-4-12-5-7)8-1-2-9(17-8)11(15)16/h3-5,8-9,12H,1-2,6H2,(H,13,14)(H,15,16)/t8-,9+/m0/s1. The molecule has 1 aromatic rings. The summed E-state index contributed by atoms with van der Waals surface area (Å²) in [5.74, 6) is -1.26. The van der Waals surface area contributed by atoms with Crippen molar-refractivity contribution in [1.29, 1.82) is 0 Å². The van der Waals surface area contributed by atoms with E-state index in [4.69, 9.17) is 9.84 Å². The van der Waals surface area contributed by atoms with Crippen LogP contribution in [-0.4, -0.2) is 34.2 Å². The summed E-state index contributed by atoms with van der Waals surface area (Å²) in [6.07, 6.45) is 2.91. The first-order valence-electron chi connectivity index (χ1n) is 5.44. The van der Waals surface area contributed by atoms with Gasteiger partial charge in [-0.05, 0) is 24.5 Å². The maximum atomic E-state index is 11.7. The Labute approximate surface area is 98.0 Å². The SMILES string of the molecule is O=C(NCc1cc[nH]c1)[C@@H]1CC[C@H](C(=O)O)O1. The first-order chi connectivity index (χ1) is 8.16. The third kappa shape index (κ3) is 2.85. The van der Waals surface area contributed by atoms with Crippen molar-refractivity contribution in [1.82, 2.24) is 10.3 Å². The van der Waals surface area contributed by atoms with Gasteiger partial charge < -0.3 is 20.1 Å². The third-order valence-corrected chi connectivity index (χ3v) is 2.72. The van der Waals surface area contributed by atoms with Gasteiger partial charge in [0.15, 0.2) is 6.10 Å². The van der Waals surface area contributed by atoms with Crippen LogP contribution in [0, 0.1) is 0 Å². The molecule has 1 amide bonds. The van der Waals surface area contributed by atoms with Crippen LogP contribution >= 0.6 is 0 Å². The van der Waals surface area contributed by atoms with Crippen molar-refractivity contribution in [3.05, 3.63) is 24.0 Å². The van der Waals surface area contributed by atoms with Gasteiger partial charge in [-0.1, -0.05) is 0 Å². The Morgan fingerprint density at radius 3 is 2.82 bits per heavy atom. The van der Waals surface area contributed by atoms with E-state index in [0.717, 1.165) is 5.56 Å². The minimum Gasteiger partial charge on any atom is -0.479 e. The minimum absolute atomic E-state index is 0.255. The largest absolute Gasteiger partial charge is 0.479 e. The lowest BCUT2D eigenvalue weighted by molar-refractivity contribution is -0.151. The molecule has 2 heterocycles. The van der Waals surface area contributed by atoms with Gasteiger partial charge in [0.25, 0.3) is 0 Å². The van der Waals surface area contributed by atoms with Crippen LogP contribution < -0.4 is 5.32 Å². The summed E-state index contributed by atoms with van der Waals surface area (Å²) in [5.41, 5.74) is 0.964. The zero-order valence-corrected chi connectivity index (χ0v) is 9.18. The van der Waals surface area contributed by atoms with Crippen LogP contribution in [0.5, 0.6) is 0 Å². The molecule has 1 aromatic heterocycles. The number of aromatic amines is 1. The number of ether oxygens (including phenoxy) is 1. The van der Waals surface area contributed by atoms with Crippen molar-refractivity contribution in [3.8, 4) is 0 Å². The maximum absolute atomic E-state index is 11.7. The number of amides is 1. The second kappa shape index (κ2) is 5.01. The van der Waals surface area contributed by atoms with E-state index in [1.807, 2.05) is 6.07 Å². The number of rotatable bonds is 4. The van der Waals surface area contributed by atoms with Gasteiger partial charge in [-0.2, -0.15) is 0 Å². The second-order valence-electron chi connectivity index (χ2n) is 3.97. The van der Waals surface area contributed by atoms with E-state index in [-0.39, 0.29) is 5.91 Å². The van der Waals surface area contributed by atoms with Gasteiger partial charge in [0.1, 0.15) is 6.10 Å².